The third-order valence-corrected chi connectivity index (χ3v) is 3.78. The van der Waals surface area contributed by atoms with Crippen molar-refractivity contribution >= 4 is 40.3 Å². The number of hydrogen-bond donors (Lipinski definition) is 3. The van der Waals surface area contributed by atoms with Crippen LogP contribution in [0, 0.1) is 0 Å². The fourth-order valence-corrected chi connectivity index (χ4v) is 2.57. The van der Waals surface area contributed by atoms with Gasteiger partial charge in [0.25, 0.3) is 0 Å². The first-order chi connectivity index (χ1) is 10.6. The number of thioether (sulfide) groups is 1. The molecule has 1 atom stereocenters. The van der Waals surface area contributed by atoms with Crippen LogP contribution in [0.3, 0.4) is 0 Å². The molecular weight excluding hydrogens is 300 g/mol. The molecule has 3 amide bonds. The van der Waals surface area contributed by atoms with Crippen molar-refractivity contribution in [1.82, 2.24) is 10.3 Å². The number of rotatable bonds is 6. The van der Waals surface area contributed by atoms with Crippen molar-refractivity contribution < 1.29 is 9.59 Å². The first-order valence-electron chi connectivity index (χ1n) is 6.81. The van der Waals surface area contributed by atoms with Gasteiger partial charge in [-0.05, 0) is 30.6 Å². The molecule has 0 aliphatic heterocycles. The highest BCUT2D eigenvalue weighted by atomic mass is 32.2. The summed E-state index contributed by atoms with van der Waals surface area (Å²) in [6, 6.07) is 7.93. The Morgan fingerprint density at radius 2 is 2.09 bits per heavy atom. The van der Waals surface area contributed by atoms with Gasteiger partial charge in [-0.2, -0.15) is 11.8 Å². The molecule has 0 fully saturated rings. The van der Waals surface area contributed by atoms with Crippen molar-refractivity contribution in [2.75, 3.05) is 17.3 Å². The Hall–Kier alpha value is -2.28. The van der Waals surface area contributed by atoms with Crippen LogP contribution in [0.25, 0.3) is 10.9 Å². The molecule has 7 heteroatoms. The van der Waals surface area contributed by atoms with Crippen molar-refractivity contribution in [3.63, 3.8) is 0 Å². The third-order valence-electron chi connectivity index (χ3n) is 3.13. The van der Waals surface area contributed by atoms with Gasteiger partial charge >= 0.3 is 6.03 Å². The van der Waals surface area contributed by atoms with E-state index in [2.05, 4.69) is 15.6 Å². The van der Waals surface area contributed by atoms with Gasteiger partial charge < -0.3 is 16.4 Å². The highest BCUT2D eigenvalue weighted by Gasteiger charge is 2.20. The maximum atomic E-state index is 12.4. The van der Waals surface area contributed by atoms with Crippen LogP contribution in [0.2, 0.25) is 0 Å². The van der Waals surface area contributed by atoms with Crippen molar-refractivity contribution in [3.8, 4) is 0 Å². The molecule has 6 nitrogen and oxygen atoms in total. The second kappa shape index (κ2) is 7.65. The number of nitrogens with zero attached hydrogens (tertiary/aromatic N) is 1. The Balaban J connectivity index is 2.18. The number of carbonyl (C=O) groups excluding carboxylic acids is 2. The molecule has 0 aliphatic rings. The minimum Gasteiger partial charge on any atom is -0.352 e. The van der Waals surface area contributed by atoms with Gasteiger partial charge in [-0.25, -0.2) is 4.79 Å². The monoisotopic (exact) mass is 318 g/mol. The van der Waals surface area contributed by atoms with E-state index in [-0.39, 0.29) is 5.91 Å². The number of urea groups is 1. The number of primary amides is 1. The van der Waals surface area contributed by atoms with Crippen LogP contribution < -0.4 is 16.4 Å². The average molecular weight is 318 g/mol. The third kappa shape index (κ3) is 4.11. The molecule has 116 valence electrons. The van der Waals surface area contributed by atoms with E-state index >= 15 is 0 Å². The Bertz CT molecular complexity index is 672. The molecule has 2 rings (SSSR count). The summed E-state index contributed by atoms with van der Waals surface area (Å²) >= 11 is 1.60. The summed E-state index contributed by atoms with van der Waals surface area (Å²) in [5.41, 5.74) is 6.46. The number of aromatic nitrogens is 1. The van der Waals surface area contributed by atoms with Crippen LogP contribution in [-0.2, 0) is 4.79 Å². The SMILES string of the molecule is CSCC[C@H](NC(N)=O)C(=O)Nc1cccc2cccnc12. The first-order valence-corrected chi connectivity index (χ1v) is 8.20. The molecule has 0 aliphatic carbocycles. The number of pyridine rings is 1. The molecule has 22 heavy (non-hydrogen) atoms. The van der Waals surface area contributed by atoms with Crippen molar-refractivity contribution in [1.29, 1.82) is 0 Å². The maximum Gasteiger partial charge on any atom is 0.312 e. The molecule has 1 heterocycles. The second-order valence-electron chi connectivity index (χ2n) is 4.71. The molecular formula is C15H18N4O2S. The van der Waals surface area contributed by atoms with Crippen LogP contribution in [0.5, 0.6) is 0 Å². The Labute approximate surface area is 132 Å². The fourth-order valence-electron chi connectivity index (χ4n) is 2.10. The quantitative estimate of drug-likeness (QED) is 0.758. The van der Waals surface area contributed by atoms with E-state index in [1.165, 1.54) is 0 Å². The van der Waals surface area contributed by atoms with Gasteiger partial charge in [-0.15, -0.1) is 0 Å². The van der Waals surface area contributed by atoms with Crippen LogP contribution in [0.4, 0.5) is 10.5 Å². The van der Waals surface area contributed by atoms with Gasteiger partial charge in [0.1, 0.15) is 6.04 Å². The molecule has 2 aromatic rings. The summed E-state index contributed by atoms with van der Waals surface area (Å²) < 4.78 is 0. The Kier molecular flexibility index (Phi) is 5.60. The molecule has 0 radical (unpaired) electrons. The van der Waals surface area contributed by atoms with Gasteiger partial charge in [-0.3, -0.25) is 9.78 Å². The van der Waals surface area contributed by atoms with Crippen molar-refractivity contribution in [2.45, 2.75) is 12.5 Å². The number of fused-ring (bicyclic) bond motifs is 1. The summed E-state index contributed by atoms with van der Waals surface area (Å²) in [7, 11) is 0. The zero-order valence-corrected chi connectivity index (χ0v) is 13.0. The summed E-state index contributed by atoms with van der Waals surface area (Å²) in [5, 5.41) is 6.23. The van der Waals surface area contributed by atoms with Crippen molar-refractivity contribution in [2.24, 2.45) is 5.73 Å². The van der Waals surface area contributed by atoms with E-state index in [0.29, 0.717) is 17.6 Å². The highest BCUT2D eigenvalue weighted by Crippen LogP contribution is 2.21. The number of nitrogens with two attached hydrogens (primary N) is 1. The molecule has 0 spiro atoms. The molecule has 0 saturated heterocycles. The lowest BCUT2D eigenvalue weighted by molar-refractivity contribution is -0.117. The highest BCUT2D eigenvalue weighted by molar-refractivity contribution is 7.98. The lowest BCUT2D eigenvalue weighted by atomic mass is 10.1. The normalized spacial score (nSPS) is 11.9. The fraction of sp³-hybridized carbons (Fsp3) is 0.267. The van der Waals surface area contributed by atoms with Gasteiger partial charge in [0.05, 0.1) is 11.2 Å². The van der Waals surface area contributed by atoms with E-state index in [9.17, 15) is 9.59 Å². The van der Waals surface area contributed by atoms with E-state index in [1.807, 2.05) is 30.5 Å². The smallest absolute Gasteiger partial charge is 0.312 e. The topological polar surface area (TPSA) is 97.1 Å². The molecule has 1 aromatic heterocycles. The standard InChI is InChI=1S/C15H18N4O2S/c1-22-9-7-12(19-15(16)21)14(20)18-11-6-2-4-10-5-3-8-17-13(10)11/h2-6,8,12H,7,9H2,1H3,(H,18,20)(H3,16,19,21)/t12-/m0/s1. The zero-order valence-electron chi connectivity index (χ0n) is 12.2. The van der Waals surface area contributed by atoms with Gasteiger partial charge in [0, 0.05) is 11.6 Å². The predicted molar refractivity (Wildman–Crippen MR) is 89.9 cm³/mol. The largest absolute Gasteiger partial charge is 0.352 e. The Morgan fingerprint density at radius 1 is 1.32 bits per heavy atom. The van der Waals surface area contributed by atoms with Crippen LogP contribution in [-0.4, -0.2) is 35.0 Å². The number of amides is 3. The van der Waals surface area contributed by atoms with E-state index in [4.69, 9.17) is 5.73 Å². The summed E-state index contributed by atoms with van der Waals surface area (Å²) in [5.74, 6) is 0.442. The lowest BCUT2D eigenvalue weighted by Gasteiger charge is -2.17. The number of benzene rings is 1. The molecule has 0 unspecified atom stereocenters. The number of carbonyl (C=O) groups is 2. The first kappa shape index (κ1) is 16.1. The molecule has 1 aromatic carbocycles. The summed E-state index contributed by atoms with van der Waals surface area (Å²) in [4.78, 5) is 27.7. The number of anilines is 1. The van der Waals surface area contributed by atoms with Crippen LogP contribution >= 0.6 is 11.8 Å². The number of hydrogen-bond acceptors (Lipinski definition) is 4. The van der Waals surface area contributed by atoms with Gasteiger partial charge in [0.2, 0.25) is 5.91 Å². The van der Waals surface area contributed by atoms with Gasteiger partial charge in [0.15, 0.2) is 0 Å². The van der Waals surface area contributed by atoms with E-state index in [1.54, 1.807) is 24.0 Å². The predicted octanol–water partition coefficient (Wildman–Crippen LogP) is 1.96. The Morgan fingerprint density at radius 3 is 2.82 bits per heavy atom. The summed E-state index contributed by atoms with van der Waals surface area (Å²) in [6.07, 6.45) is 4.12. The molecule has 4 N–H and O–H groups in total. The molecule has 0 saturated carbocycles. The lowest BCUT2D eigenvalue weighted by Crippen LogP contribution is -2.46. The van der Waals surface area contributed by atoms with E-state index in [0.717, 1.165) is 11.1 Å². The zero-order chi connectivity index (χ0) is 15.9. The van der Waals surface area contributed by atoms with Gasteiger partial charge in [-0.1, -0.05) is 18.2 Å². The van der Waals surface area contributed by atoms with Crippen LogP contribution in [0.15, 0.2) is 36.5 Å². The minimum atomic E-state index is -0.711. The van der Waals surface area contributed by atoms with E-state index < -0.39 is 12.1 Å². The number of para-hydroxylation sites is 1. The molecule has 0 bridgehead atoms. The second-order valence-corrected chi connectivity index (χ2v) is 5.70. The van der Waals surface area contributed by atoms with Crippen LogP contribution in [0.1, 0.15) is 6.42 Å². The number of nitrogens with one attached hydrogen (secondary N) is 2. The summed E-state index contributed by atoms with van der Waals surface area (Å²) in [6.45, 7) is 0. The average Bonchev–Trinajstić information content (AvgIpc) is 2.51. The maximum absolute atomic E-state index is 12.4. The minimum absolute atomic E-state index is 0.300. The van der Waals surface area contributed by atoms with Crippen molar-refractivity contribution in [3.05, 3.63) is 36.5 Å².